The van der Waals surface area contributed by atoms with Gasteiger partial charge in [-0.2, -0.15) is 0 Å². The van der Waals surface area contributed by atoms with Gasteiger partial charge in [-0.25, -0.2) is 4.79 Å². The number of likely N-dealkylation sites (N-methyl/N-ethyl adjacent to an activating group) is 1. The van der Waals surface area contributed by atoms with Gasteiger partial charge >= 0.3 is 5.97 Å². The lowest BCUT2D eigenvalue weighted by Gasteiger charge is -2.17. The molecule has 2 aromatic rings. The van der Waals surface area contributed by atoms with Gasteiger partial charge in [-0.3, -0.25) is 0 Å². The molecule has 218 valence electrons. The second kappa shape index (κ2) is 19.5. The summed E-state index contributed by atoms with van der Waals surface area (Å²) < 4.78 is 17.2. The molecule has 0 saturated heterocycles. The van der Waals surface area contributed by atoms with Crippen molar-refractivity contribution in [2.45, 2.75) is 97.8 Å². The molecule has 0 atom stereocenters. The fraction of sp³-hybridized carbons (Fsp3) is 0.618. The molecule has 0 bridgehead atoms. The maximum atomic E-state index is 11.9. The van der Waals surface area contributed by atoms with Crippen molar-refractivity contribution in [3.8, 4) is 22.6 Å². The Hall–Kier alpha value is -2.53. The van der Waals surface area contributed by atoms with E-state index in [2.05, 4.69) is 63.2 Å². The molecule has 0 fully saturated rings. The van der Waals surface area contributed by atoms with Gasteiger partial charge in [0.05, 0.1) is 6.61 Å². The molecule has 0 aromatic heterocycles. The number of benzene rings is 2. The number of nitrogens with zero attached hydrogens (tertiary/aromatic N) is 1. The van der Waals surface area contributed by atoms with Crippen molar-refractivity contribution in [1.82, 2.24) is 4.90 Å². The van der Waals surface area contributed by atoms with Crippen LogP contribution < -0.4 is 9.47 Å². The second-order valence-corrected chi connectivity index (χ2v) is 10.7. The largest absolute Gasteiger partial charge is 0.492 e. The monoisotopic (exact) mass is 539 g/mol. The molecule has 0 saturated carbocycles. The molecule has 39 heavy (non-hydrogen) atoms. The standard InChI is InChI=1S/C34H53NO4/c1-6-9-11-13-15-17-30-25-28(19-21-32(30)38-24-23-35(4)5)29-20-22-33(39-27-34(36)37-8-3)31(26-29)18-16-14-12-10-7-2/h19-22,25-26H,6-18,23-24,27H2,1-5H3. The quantitative estimate of drug-likeness (QED) is 0.118. The summed E-state index contributed by atoms with van der Waals surface area (Å²) in [6.45, 7) is 8.19. The highest BCUT2D eigenvalue weighted by Crippen LogP contribution is 2.32. The summed E-state index contributed by atoms with van der Waals surface area (Å²) in [4.78, 5) is 14.1. The molecule has 0 unspecified atom stereocenters. The topological polar surface area (TPSA) is 48.0 Å². The summed E-state index contributed by atoms with van der Waals surface area (Å²) in [5.74, 6) is 1.45. The number of hydrogen-bond donors (Lipinski definition) is 0. The van der Waals surface area contributed by atoms with E-state index < -0.39 is 0 Å². The molecule has 0 amide bonds. The smallest absolute Gasteiger partial charge is 0.344 e. The van der Waals surface area contributed by atoms with Crippen molar-refractivity contribution >= 4 is 5.97 Å². The van der Waals surface area contributed by atoms with E-state index in [0.29, 0.717) is 13.2 Å². The first kappa shape index (κ1) is 32.7. The van der Waals surface area contributed by atoms with Gasteiger partial charge in [0.1, 0.15) is 18.1 Å². The first-order valence-corrected chi connectivity index (χ1v) is 15.3. The molecule has 2 rings (SSSR count). The van der Waals surface area contributed by atoms with E-state index in [4.69, 9.17) is 14.2 Å². The van der Waals surface area contributed by atoms with E-state index in [1.165, 1.54) is 74.5 Å². The Balaban J connectivity index is 2.25. The summed E-state index contributed by atoms with van der Waals surface area (Å²) >= 11 is 0. The van der Waals surface area contributed by atoms with Crippen molar-refractivity contribution in [3.63, 3.8) is 0 Å². The Morgan fingerprint density at radius 1 is 0.692 bits per heavy atom. The Kier molecular flexibility index (Phi) is 16.4. The molecule has 0 N–H and O–H groups in total. The zero-order valence-corrected chi connectivity index (χ0v) is 25.4. The maximum Gasteiger partial charge on any atom is 0.344 e. The number of rotatable bonds is 21. The van der Waals surface area contributed by atoms with Crippen LogP contribution in [-0.2, 0) is 22.4 Å². The average Bonchev–Trinajstić information content (AvgIpc) is 2.92. The van der Waals surface area contributed by atoms with Gasteiger partial charge in [-0.05, 0) is 93.2 Å². The molecule has 0 aliphatic rings. The summed E-state index contributed by atoms with van der Waals surface area (Å²) in [6.07, 6.45) is 14.3. The van der Waals surface area contributed by atoms with Crippen LogP contribution in [0.3, 0.4) is 0 Å². The number of hydrogen-bond acceptors (Lipinski definition) is 5. The first-order valence-electron chi connectivity index (χ1n) is 15.3. The SMILES string of the molecule is CCCCCCCc1cc(-c2ccc(OCC(=O)OCC)c(CCCCCCC)c2)ccc1OCCN(C)C. The van der Waals surface area contributed by atoms with Crippen molar-refractivity contribution in [2.24, 2.45) is 0 Å². The lowest BCUT2D eigenvalue weighted by atomic mass is 9.96. The fourth-order valence-corrected chi connectivity index (χ4v) is 4.71. The molecule has 5 heteroatoms. The van der Waals surface area contributed by atoms with Crippen LogP contribution in [0.25, 0.3) is 11.1 Å². The van der Waals surface area contributed by atoms with Crippen LogP contribution in [-0.4, -0.2) is 51.3 Å². The fourth-order valence-electron chi connectivity index (χ4n) is 4.71. The minimum Gasteiger partial charge on any atom is -0.492 e. The van der Waals surface area contributed by atoms with Crippen molar-refractivity contribution in [2.75, 3.05) is 40.5 Å². The number of carbonyl (C=O) groups is 1. The third-order valence-corrected chi connectivity index (χ3v) is 7.00. The van der Waals surface area contributed by atoms with E-state index in [0.717, 1.165) is 42.9 Å². The van der Waals surface area contributed by atoms with Crippen molar-refractivity contribution < 1.29 is 19.0 Å². The average molecular weight is 540 g/mol. The number of aryl methyl sites for hydroxylation is 2. The predicted molar refractivity (Wildman–Crippen MR) is 163 cm³/mol. The van der Waals surface area contributed by atoms with Gasteiger partial charge in [-0.1, -0.05) is 77.3 Å². The predicted octanol–water partition coefficient (Wildman–Crippen LogP) is 8.26. The van der Waals surface area contributed by atoms with E-state index >= 15 is 0 Å². The minimum absolute atomic E-state index is 0.0583. The van der Waals surface area contributed by atoms with Crippen LogP contribution in [0.2, 0.25) is 0 Å². The zero-order chi connectivity index (χ0) is 28.3. The highest BCUT2D eigenvalue weighted by molar-refractivity contribution is 5.71. The number of ether oxygens (including phenoxy) is 3. The molecule has 0 heterocycles. The highest BCUT2D eigenvalue weighted by atomic mass is 16.6. The third-order valence-electron chi connectivity index (χ3n) is 7.00. The Bertz CT molecular complexity index is 956. The van der Waals surface area contributed by atoms with Gasteiger partial charge in [0, 0.05) is 6.54 Å². The zero-order valence-electron chi connectivity index (χ0n) is 25.4. The summed E-state index contributed by atoms with van der Waals surface area (Å²) in [5, 5.41) is 0. The van der Waals surface area contributed by atoms with Crippen molar-refractivity contribution in [1.29, 1.82) is 0 Å². The molecule has 0 aliphatic heterocycles. The lowest BCUT2D eigenvalue weighted by Crippen LogP contribution is -2.19. The highest BCUT2D eigenvalue weighted by Gasteiger charge is 2.12. The molecule has 2 aromatic carbocycles. The van der Waals surface area contributed by atoms with E-state index in [1.807, 2.05) is 13.0 Å². The normalized spacial score (nSPS) is 11.1. The second-order valence-electron chi connectivity index (χ2n) is 10.7. The van der Waals surface area contributed by atoms with E-state index in [1.54, 1.807) is 0 Å². The Morgan fingerprint density at radius 2 is 1.21 bits per heavy atom. The molecular formula is C34H53NO4. The van der Waals surface area contributed by atoms with Gasteiger partial charge < -0.3 is 19.1 Å². The van der Waals surface area contributed by atoms with Crippen LogP contribution in [0, 0.1) is 0 Å². The van der Waals surface area contributed by atoms with Crippen LogP contribution in [0.5, 0.6) is 11.5 Å². The number of carbonyl (C=O) groups excluding carboxylic acids is 1. The summed E-state index contributed by atoms with van der Waals surface area (Å²) in [7, 11) is 4.14. The molecule has 0 spiro atoms. The van der Waals surface area contributed by atoms with E-state index in [9.17, 15) is 4.79 Å². The van der Waals surface area contributed by atoms with Gasteiger partial charge in [0.15, 0.2) is 6.61 Å². The lowest BCUT2D eigenvalue weighted by molar-refractivity contribution is -0.145. The third kappa shape index (κ3) is 12.9. The first-order chi connectivity index (χ1) is 19.0. The minimum atomic E-state index is -0.330. The van der Waals surface area contributed by atoms with Gasteiger partial charge in [0.2, 0.25) is 0 Å². The Labute approximate surface area is 238 Å². The molecule has 0 aliphatic carbocycles. The molecule has 5 nitrogen and oxygen atoms in total. The number of esters is 1. The van der Waals surface area contributed by atoms with Crippen LogP contribution in [0.4, 0.5) is 0 Å². The van der Waals surface area contributed by atoms with Crippen molar-refractivity contribution in [3.05, 3.63) is 47.5 Å². The van der Waals surface area contributed by atoms with Gasteiger partial charge in [0.25, 0.3) is 0 Å². The maximum absolute atomic E-state index is 11.9. The number of unbranched alkanes of at least 4 members (excludes halogenated alkanes) is 8. The Morgan fingerprint density at radius 3 is 1.69 bits per heavy atom. The molecule has 0 radical (unpaired) electrons. The van der Waals surface area contributed by atoms with Crippen LogP contribution in [0.15, 0.2) is 36.4 Å². The van der Waals surface area contributed by atoms with Crippen LogP contribution in [0.1, 0.15) is 96.1 Å². The summed E-state index contributed by atoms with van der Waals surface area (Å²) in [6, 6.07) is 13.0. The van der Waals surface area contributed by atoms with Crippen LogP contribution >= 0.6 is 0 Å². The molecular weight excluding hydrogens is 486 g/mol. The van der Waals surface area contributed by atoms with E-state index in [-0.39, 0.29) is 12.6 Å². The van der Waals surface area contributed by atoms with Gasteiger partial charge in [-0.15, -0.1) is 0 Å². The summed E-state index contributed by atoms with van der Waals surface area (Å²) in [5.41, 5.74) is 4.81.